The Kier molecular flexibility index (Phi) is 4.71. The van der Waals surface area contributed by atoms with Crippen LogP contribution in [-0.2, 0) is 6.54 Å². The van der Waals surface area contributed by atoms with E-state index < -0.39 is 4.92 Å². The van der Waals surface area contributed by atoms with E-state index in [1.165, 1.54) is 37.8 Å². The van der Waals surface area contributed by atoms with Crippen LogP contribution in [-0.4, -0.2) is 15.9 Å². The Hall–Kier alpha value is -2.21. The number of hydrogen-bond acceptors (Lipinski definition) is 5. The van der Waals surface area contributed by atoms with Gasteiger partial charge in [-0.3, -0.25) is 10.1 Å². The minimum atomic E-state index is -0.417. The van der Waals surface area contributed by atoms with Crippen molar-refractivity contribution in [3.8, 4) is 11.5 Å². The molecule has 3 rings (SSSR count). The summed E-state index contributed by atoms with van der Waals surface area (Å²) in [7, 11) is 0. The van der Waals surface area contributed by atoms with Gasteiger partial charge in [0.15, 0.2) is 0 Å². The van der Waals surface area contributed by atoms with Crippen molar-refractivity contribution < 1.29 is 9.34 Å². The fraction of sp³-hybridized carbons (Fsp3) is 0.471. The minimum absolute atomic E-state index is 0.0634. The second kappa shape index (κ2) is 6.91. The fourth-order valence-corrected chi connectivity index (χ4v) is 3.10. The molecule has 122 valence electrons. The van der Waals surface area contributed by atoms with Gasteiger partial charge in [-0.1, -0.05) is 19.8 Å². The molecule has 0 saturated heterocycles. The van der Waals surface area contributed by atoms with Crippen LogP contribution in [0, 0.1) is 16.0 Å². The number of rotatable bonds is 5. The van der Waals surface area contributed by atoms with Crippen LogP contribution in [0.1, 0.15) is 38.3 Å². The zero-order valence-corrected chi connectivity index (χ0v) is 13.2. The van der Waals surface area contributed by atoms with E-state index in [-0.39, 0.29) is 5.69 Å². The molecule has 1 aliphatic rings. The number of non-ortho nitro benzene ring substituents is 1. The summed E-state index contributed by atoms with van der Waals surface area (Å²) in [5, 5.41) is 14.2. The van der Waals surface area contributed by atoms with Crippen LogP contribution in [0.5, 0.6) is 0 Å². The van der Waals surface area contributed by atoms with Gasteiger partial charge in [0.05, 0.1) is 10.6 Å². The predicted molar refractivity (Wildman–Crippen MR) is 86.9 cm³/mol. The van der Waals surface area contributed by atoms with Gasteiger partial charge >= 0.3 is 0 Å². The van der Waals surface area contributed by atoms with Crippen LogP contribution in [0.25, 0.3) is 11.5 Å². The third-order valence-electron chi connectivity index (χ3n) is 4.53. The Morgan fingerprint density at radius 2 is 2.04 bits per heavy atom. The summed E-state index contributed by atoms with van der Waals surface area (Å²) in [4.78, 5) is 14.7. The number of aromatic nitrogens is 1. The van der Waals surface area contributed by atoms with Crippen LogP contribution in [0.4, 0.5) is 5.69 Å². The van der Waals surface area contributed by atoms with E-state index >= 15 is 0 Å². The van der Waals surface area contributed by atoms with Crippen LogP contribution in [0.3, 0.4) is 0 Å². The zero-order chi connectivity index (χ0) is 16.2. The summed E-state index contributed by atoms with van der Waals surface area (Å²) < 4.78 is 5.50. The Labute approximate surface area is 135 Å². The maximum Gasteiger partial charge on any atom is 0.269 e. The van der Waals surface area contributed by atoms with Gasteiger partial charge in [0.1, 0.15) is 6.26 Å². The van der Waals surface area contributed by atoms with Crippen LogP contribution < -0.4 is 5.32 Å². The highest BCUT2D eigenvalue weighted by Crippen LogP contribution is 2.25. The fourth-order valence-electron chi connectivity index (χ4n) is 3.10. The average molecular weight is 315 g/mol. The van der Waals surface area contributed by atoms with Crippen molar-refractivity contribution in [2.45, 2.75) is 45.2 Å². The largest absolute Gasteiger partial charge is 0.444 e. The van der Waals surface area contributed by atoms with E-state index in [2.05, 4.69) is 17.2 Å². The van der Waals surface area contributed by atoms with Gasteiger partial charge in [-0.2, -0.15) is 0 Å². The summed E-state index contributed by atoms with van der Waals surface area (Å²) in [5.41, 5.74) is 1.66. The van der Waals surface area contributed by atoms with Crippen molar-refractivity contribution in [1.29, 1.82) is 0 Å². The van der Waals surface area contributed by atoms with Gasteiger partial charge < -0.3 is 9.73 Å². The lowest BCUT2D eigenvalue weighted by molar-refractivity contribution is -0.384. The van der Waals surface area contributed by atoms with Crippen LogP contribution in [0.15, 0.2) is 34.9 Å². The monoisotopic (exact) mass is 315 g/mol. The van der Waals surface area contributed by atoms with Crippen molar-refractivity contribution in [1.82, 2.24) is 10.3 Å². The highest BCUT2D eigenvalue weighted by atomic mass is 16.6. The molecular weight excluding hydrogens is 294 g/mol. The lowest BCUT2D eigenvalue weighted by Gasteiger charge is -2.29. The molecule has 0 amide bonds. The number of oxazole rings is 1. The Morgan fingerprint density at radius 3 is 2.74 bits per heavy atom. The molecule has 1 aliphatic carbocycles. The molecular formula is C17H21N3O3. The van der Waals surface area contributed by atoms with Crippen molar-refractivity contribution in [3.63, 3.8) is 0 Å². The van der Waals surface area contributed by atoms with E-state index in [4.69, 9.17) is 4.42 Å². The van der Waals surface area contributed by atoms with E-state index in [1.54, 1.807) is 18.4 Å². The normalized spacial score (nSPS) is 21.3. The topological polar surface area (TPSA) is 81.2 Å². The molecule has 2 atom stereocenters. The Bertz CT molecular complexity index is 666. The predicted octanol–water partition coefficient (Wildman–Crippen LogP) is 3.92. The van der Waals surface area contributed by atoms with Gasteiger partial charge in [0.25, 0.3) is 5.69 Å². The molecule has 1 saturated carbocycles. The van der Waals surface area contributed by atoms with E-state index in [0.29, 0.717) is 24.4 Å². The van der Waals surface area contributed by atoms with Gasteiger partial charge in [0.2, 0.25) is 5.89 Å². The van der Waals surface area contributed by atoms with E-state index in [0.717, 1.165) is 11.3 Å². The maximum atomic E-state index is 10.7. The number of nitrogens with one attached hydrogen (secondary N) is 1. The highest BCUT2D eigenvalue weighted by molar-refractivity contribution is 5.55. The first-order chi connectivity index (χ1) is 11.1. The van der Waals surface area contributed by atoms with Crippen molar-refractivity contribution >= 4 is 5.69 Å². The van der Waals surface area contributed by atoms with Crippen molar-refractivity contribution in [3.05, 3.63) is 46.3 Å². The first-order valence-electron chi connectivity index (χ1n) is 8.06. The number of nitro benzene ring substituents is 1. The quantitative estimate of drug-likeness (QED) is 0.668. The standard InChI is InChI=1S/C17H21N3O3/c1-12-4-2-3-5-16(12)18-10-14-11-23-17(19-14)13-6-8-15(9-7-13)20(21)22/h6-9,11-12,16,18H,2-5,10H2,1H3/t12-,16+/m0/s1. The molecule has 0 aliphatic heterocycles. The minimum Gasteiger partial charge on any atom is -0.444 e. The molecule has 6 nitrogen and oxygen atoms in total. The van der Waals surface area contributed by atoms with Gasteiger partial charge in [-0.05, 0) is 30.9 Å². The first kappa shape index (κ1) is 15.7. The summed E-state index contributed by atoms with van der Waals surface area (Å²) >= 11 is 0. The van der Waals surface area contributed by atoms with Gasteiger partial charge in [-0.15, -0.1) is 0 Å². The third-order valence-corrected chi connectivity index (χ3v) is 4.53. The third kappa shape index (κ3) is 3.76. The molecule has 0 radical (unpaired) electrons. The zero-order valence-electron chi connectivity index (χ0n) is 13.2. The molecule has 1 fully saturated rings. The number of benzene rings is 1. The molecule has 1 heterocycles. The van der Waals surface area contributed by atoms with E-state index in [1.807, 2.05) is 0 Å². The molecule has 1 N–H and O–H groups in total. The van der Waals surface area contributed by atoms with Crippen molar-refractivity contribution in [2.75, 3.05) is 0 Å². The second-order valence-electron chi connectivity index (χ2n) is 6.20. The lowest BCUT2D eigenvalue weighted by atomic mass is 9.86. The molecule has 23 heavy (non-hydrogen) atoms. The lowest BCUT2D eigenvalue weighted by Crippen LogP contribution is -2.36. The second-order valence-corrected chi connectivity index (χ2v) is 6.20. The molecule has 0 spiro atoms. The molecule has 1 aromatic heterocycles. The van der Waals surface area contributed by atoms with Crippen LogP contribution >= 0.6 is 0 Å². The molecule has 2 aromatic rings. The van der Waals surface area contributed by atoms with Crippen molar-refractivity contribution in [2.24, 2.45) is 5.92 Å². The molecule has 6 heteroatoms. The van der Waals surface area contributed by atoms with Crippen LogP contribution in [0.2, 0.25) is 0 Å². The molecule has 1 aromatic carbocycles. The highest BCUT2D eigenvalue weighted by Gasteiger charge is 2.21. The Balaban J connectivity index is 1.62. The summed E-state index contributed by atoms with van der Waals surface area (Å²) in [6.45, 7) is 2.98. The summed E-state index contributed by atoms with van der Waals surface area (Å²) in [6, 6.07) is 6.78. The molecule has 0 unspecified atom stereocenters. The number of nitrogens with zero attached hydrogens (tertiary/aromatic N) is 2. The van der Waals surface area contributed by atoms with E-state index in [9.17, 15) is 10.1 Å². The average Bonchev–Trinajstić information content (AvgIpc) is 3.03. The van der Waals surface area contributed by atoms with Gasteiger partial charge in [-0.25, -0.2) is 4.98 Å². The SMILES string of the molecule is C[C@H]1CCCC[C@H]1NCc1coc(-c2ccc([N+](=O)[O-])cc2)n1. The number of nitro groups is 1. The maximum absolute atomic E-state index is 10.7. The summed E-state index contributed by atoms with van der Waals surface area (Å²) in [5.74, 6) is 1.19. The summed E-state index contributed by atoms with van der Waals surface area (Å²) in [6.07, 6.45) is 6.76. The van der Waals surface area contributed by atoms with Gasteiger partial charge in [0, 0.05) is 30.3 Å². The molecule has 0 bridgehead atoms. The first-order valence-corrected chi connectivity index (χ1v) is 8.06. The number of hydrogen-bond donors (Lipinski definition) is 1. The Morgan fingerprint density at radius 1 is 1.30 bits per heavy atom. The smallest absolute Gasteiger partial charge is 0.269 e.